The number of benzene rings is 1. The van der Waals surface area contributed by atoms with E-state index in [9.17, 15) is 4.79 Å². The molecule has 0 saturated carbocycles. The molecule has 1 aromatic carbocycles. The number of carbonyl (C=O) groups excluding carboxylic acids is 1. The molecule has 0 aromatic heterocycles. The molecule has 0 atom stereocenters. The van der Waals surface area contributed by atoms with Crippen molar-refractivity contribution in [3.05, 3.63) is 46.0 Å². The van der Waals surface area contributed by atoms with Gasteiger partial charge in [0, 0.05) is 29.0 Å². The molecule has 2 rings (SSSR count). The van der Waals surface area contributed by atoms with Crippen molar-refractivity contribution in [3.8, 4) is 0 Å². The van der Waals surface area contributed by atoms with Gasteiger partial charge in [0.25, 0.3) is 0 Å². The van der Waals surface area contributed by atoms with Gasteiger partial charge >= 0.3 is 0 Å². The summed E-state index contributed by atoms with van der Waals surface area (Å²) < 4.78 is 0. The summed E-state index contributed by atoms with van der Waals surface area (Å²) in [6.07, 6.45) is 1.64. The van der Waals surface area contributed by atoms with Crippen LogP contribution in [-0.2, 0) is 0 Å². The molecule has 78 valence electrons. The number of allylic oxidation sites excluding steroid dienone is 1. The van der Waals surface area contributed by atoms with Gasteiger partial charge in [0.1, 0.15) is 0 Å². The second kappa shape index (κ2) is 4.73. The predicted molar refractivity (Wildman–Crippen MR) is 64.3 cm³/mol. The van der Waals surface area contributed by atoms with E-state index in [1.54, 1.807) is 42.1 Å². The fourth-order valence-electron chi connectivity index (χ4n) is 1.30. The Kier molecular flexibility index (Phi) is 3.34. The molecule has 0 unspecified atom stereocenters. The third kappa shape index (κ3) is 2.76. The Morgan fingerprint density at radius 2 is 2.13 bits per heavy atom. The Hall–Kier alpha value is -0.930. The van der Waals surface area contributed by atoms with E-state index in [1.165, 1.54) is 0 Å². The van der Waals surface area contributed by atoms with E-state index in [1.807, 2.05) is 0 Å². The van der Waals surface area contributed by atoms with E-state index in [0.717, 1.165) is 17.3 Å². The lowest BCUT2D eigenvalue weighted by Gasteiger charge is -1.98. The van der Waals surface area contributed by atoms with Crippen LogP contribution in [0.25, 0.3) is 0 Å². The zero-order valence-electron chi connectivity index (χ0n) is 8.00. The quantitative estimate of drug-likeness (QED) is 0.636. The molecule has 15 heavy (non-hydrogen) atoms. The summed E-state index contributed by atoms with van der Waals surface area (Å²) in [7, 11) is 0. The molecule has 1 fully saturated rings. The zero-order chi connectivity index (χ0) is 10.7. The molecule has 4 heteroatoms. The predicted octanol–water partition coefficient (Wildman–Crippen LogP) is 2.70. The summed E-state index contributed by atoms with van der Waals surface area (Å²) in [6.45, 7) is 0.935. The SMILES string of the molecule is O=C(/C=C1\NCCS1)c1ccc(Cl)cc1. The van der Waals surface area contributed by atoms with E-state index in [2.05, 4.69) is 5.32 Å². The van der Waals surface area contributed by atoms with E-state index in [0.29, 0.717) is 10.6 Å². The van der Waals surface area contributed by atoms with Gasteiger partial charge in [-0.05, 0) is 24.3 Å². The monoisotopic (exact) mass is 239 g/mol. The third-order valence-electron chi connectivity index (χ3n) is 2.05. The van der Waals surface area contributed by atoms with Crippen LogP contribution >= 0.6 is 23.4 Å². The summed E-state index contributed by atoms with van der Waals surface area (Å²) in [5.41, 5.74) is 0.668. The first-order chi connectivity index (χ1) is 7.25. The maximum absolute atomic E-state index is 11.7. The van der Waals surface area contributed by atoms with Gasteiger partial charge in [-0.3, -0.25) is 4.79 Å². The number of hydrogen-bond donors (Lipinski definition) is 1. The molecule has 1 aromatic rings. The molecule has 0 bridgehead atoms. The van der Waals surface area contributed by atoms with E-state index in [4.69, 9.17) is 11.6 Å². The molecular weight excluding hydrogens is 230 g/mol. The number of ketones is 1. The minimum Gasteiger partial charge on any atom is -0.379 e. The largest absolute Gasteiger partial charge is 0.379 e. The van der Waals surface area contributed by atoms with Crippen LogP contribution in [0, 0.1) is 0 Å². The van der Waals surface area contributed by atoms with Crippen LogP contribution in [0.5, 0.6) is 0 Å². The first kappa shape index (κ1) is 10.6. The van der Waals surface area contributed by atoms with Crippen LogP contribution in [0.2, 0.25) is 5.02 Å². The zero-order valence-corrected chi connectivity index (χ0v) is 9.57. The van der Waals surface area contributed by atoms with Crippen LogP contribution in [0.4, 0.5) is 0 Å². The molecular formula is C11H10ClNOS. The second-order valence-electron chi connectivity index (χ2n) is 3.15. The average Bonchev–Trinajstić information content (AvgIpc) is 2.71. The fraction of sp³-hybridized carbons (Fsp3) is 0.182. The lowest BCUT2D eigenvalue weighted by atomic mass is 10.1. The van der Waals surface area contributed by atoms with Gasteiger partial charge in [-0.1, -0.05) is 11.6 Å². The van der Waals surface area contributed by atoms with Crippen LogP contribution in [-0.4, -0.2) is 18.1 Å². The molecule has 2 nitrogen and oxygen atoms in total. The highest BCUT2D eigenvalue weighted by molar-refractivity contribution is 8.03. The lowest BCUT2D eigenvalue weighted by molar-refractivity contribution is 0.104. The Morgan fingerprint density at radius 3 is 2.73 bits per heavy atom. The van der Waals surface area contributed by atoms with Crippen molar-refractivity contribution in [2.24, 2.45) is 0 Å². The summed E-state index contributed by atoms with van der Waals surface area (Å²) in [4.78, 5) is 11.7. The van der Waals surface area contributed by atoms with Crippen molar-refractivity contribution in [3.63, 3.8) is 0 Å². The van der Waals surface area contributed by atoms with Crippen molar-refractivity contribution in [2.75, 3.05) is 12.3 Å². The molecule has 1 N–H and O–H groups in total. The number of thioether (sulfide) groups is 1. The topological polar surface area (TPSA) is 29.1 Å². The third-order valence-corrected chi connectivity index (χ3v) is 3.28. The van der Waals surface area contributed by atoms with Crippen molar-refractivity contribution >= 4 is 29.1 Å². The summed E-state index contributed by atoms with van der Waals surface area (Å²) in [5.74, 6) is 1.04. The number of carbonyl (C=O) groups is 1. The van der Waals surface area contributed by atoms with E-state index < -0.39 is 0 Å². The number of hydrogen-bond acceptors (Lipinski definition) is 3. The Balaban J connectivity index is 2.14. The first-order valence-electron chi connectivity index (χ1n) is 4.64. The van der Waals surface area contributed by atoms with Gasteiger partial charge in [-0.15, -0.1) is 11.8 Å². The maximum Gasteiger partial charge on any atom is 0.188 e. The van der Waals surface area contributed by atoms with Crippen LogP contribution in [0.1, 0.15) is 10.4 Å². The normalized spacial score (nSPS) is 17.8. The second-order valence-corrected chi connectivity index (χ2v) is 4.73. The first-order valence-corrected chi connectivity index (χ1v) is 6.00. The van der Waals surface area contributed by atoms with Gasteiger partial charge in [0.2, 0.25) is 0 Å². The molecule has 1 saturated heterocycles. The highest BCUT2D eigenvalue weighted by Gasteiger charge is 2.09. The standard InChI is InChI=1S/C11H10ClNOS/c12-9-3-1-8(2-4-9)10(14)7-11-13-5-6-15-11/h1-4,7,13H,5-6H2/b11-7+. The summed E-state index contributed by atoms with van der Waals surface area (Å²) in [6, 6.07) is 6.92. The van der Waals surface area contributed by atoms with Crippen LogP contribution < -0.4 is 5.32 Å². The number of nitrogens with one attached hydrogen (secondary N) is 1. The fourth-order valence-corrected chi connectivity index (χ4v) is 2.24. The van der Waals surface area contributed by atoms with Crippen molar-refractivity contribution in [1.82, 2.24) is 5.32 Å². The van der Waals surface area contributed by atoms with E-state index >= 15 is 0 Å². The van der Waals surface area contributed by atoms with Gasteiger partial charge in [0.05, 0.1) is 5.03 Å². The molecule has 1 heterocycles. The minimum atomic E-state index is 0.0172. The summed E-state index contributed by atoms with van der Waals surface area (Å²) >= 11 is 7.42. The van der Waals surface area contributed by atoms with Gasteiger partial charge in [-0.2, -0.15) is 0 Å². The molecule has 1 aliphatic rings. The molecule has 0 aliphatic carbocycles. The average molecular weight is 240 g/mol. The van der Waals surface area contributed by atoms with Gasteiger partial charge < -0.3 is 5.32 Å². The van der Waals surface area contributed by atoms with Crippen molar-refractivity contribution in [2.45, 2.75) is 0 Å². The number of rotatable bonds is 2. The lowest BCUT2D eigenvalue weighted by Crippen LogP contribution is -2.06. The molecule has 0 spiro atoms. The molecule has 0 amide bonds. The highest BCUT2D eigenvalue weighted by atomic mass is 35.5. The number of halogens is 1. The highest BCUT2D eigenvalue weighted by Crippen LogP contribution is 2.18. The van der Waals surface area contributed by atoms with E-state index in [-0.39, 0.29) is 5.78 Å². The minimum absolute atomic E-state index is 0.0172. The van der Waals surface area contributed by atoms with Crippen LogP contribution in [0.15, 0.2) is 35.4 Å². The Labute approximate surface area is 97.7 Å². The Morgan fingerprint density at radius 1 is 1.40 bits per heavy atom. The van der Waals surface area contributed by atoms with Crippen molar-refractivity contribution in [1.29, 1.82) is 0 Å². The summed E-state index contributed by atoms with van der Waals surface area (Å²) in [5, 5.41) is 4.75. The van der Waals surface area contributed by atoms with Gasteiger partial charge in [-0.25, -0.2) is 0 Å². The van der Waals surface area contributed by atoms with Gasteiger partial charge in [0.15, 0.2) is 5.78 Å². The molecule has 0 radical (unpaired) electrons. The molecule has 1 aliphatic heterocycles. The smallest absolute Gasteiger partial charge is 0.188 e. The maximum atomic E-state index is 11.7. The van der Waals surface area contributed by atoms with Crippen LogP contribution in [0.3, 0.4) is 0 Å². The Bertz CT molecular complexity index is 392. The van der Waals surface area contributed by atoms with Crippen molar-refractivity contribution < 1.29 is 4.79 Å².